The molecule has 2 aromatic rings. The molecule has 122 valence electrons. The maximum Gasteiger partial charge on any atom is 0.234 e. The molecular weight excluding hydrogens is 312 g/mol. The summed E-state index contributed by atoms with van der Waals surface area (Å²) in [6.07, 6.45) is 2.39. The first-order valence-corrected chi connectivity index (χ1v) is 8.69. The summed E-state index contributed by atoms with van der Waals surface area (Å²) >= 11 is 1.42. The Hall–Kier alpha value is -2.02. The van der Waals surface area contributed by atoms with E-state index in [9.17, 15) is 4.79 Å². The average Bonchev–Trinajstić information content (AvgIpc) is 3.33. The van der Waals surface area contributed by atoms with E-state index in [1.54, 1.807) is 13.2 Å². The third-order valence-corrected chi connectivity index (χ3v) is 4.66. The van der Waals surface area contributed by atoms with E-state index in [4.69, 9.17) is 4.74 Å². The van der Waals surface area contributed by atoms with Crippen LogP contribution in [0, 0.1) is 0 Å². The molecule has 1 heterocycles. The van der Waals surface area contributed by atoms with Crippen molar-refractivity contribution >= 4 is 23.4 Å². The van der Waals surface area contributed by atoms with Crippen molar-refractivity contribution in [3.63, 3.8) is 0 Å². The van der Waals surface area contributed by atoms with Gasteiger partial charge in [0.05, 0.1) is 12.9 Å². The van der Waals surface area contributed by atoms with E-state index in [1.165, 1.54) is 24.6 Å². The number of nitrogens with zero attached hydrogens (tertiary/aromatic N) is 3. The van der Waals surface area contributed by atoms with Crippen LogP contribution >= 0.6 is 11.8 Å². The van der Waals surface area contributed by atoms with Gasteiger partial charge in [0.15, 0.2) is 5.16 Å². The van der Waals surface area contributed by atoms with E-state index in [1.807, 2.05) is 18.2 Å². The third-order valence-electron chi connectivity index (χ3n) is 3.69. The van der Waals surface area contributed by atoms with E-state index in [2.05, 4.69) is 27.0 Å². The molecule has 0 bridgehead atoms. The number of thioether (sulfide) groups is 1. The fraction of sp³-hybridized carbons (Fsp3) is 0.438. The Morgan fingerprint density at radius 2 is 2.26 bits per heavy atom. The zero-order valence-corrected chi connectivity index (χ0v) is 14.1. The summed E-state index contributed by atoms with van der Waals surface area (Å²) < 4.78 is 7.26. The maximum absolute atomic E-state index is 12.1. The Bertz CT molecular complexity index is 697. The summed E-state index contributed by atoms with van der Waals surface area (Å²) in [5, 5.41) is 12.2. The summed E-state index contributed by atoms with van der Waals surface area (Å²) in [4.78, 5) is 12.1. The van der Waals surface area contributed by atoms with Crippen molar-refractivity contribution in [3.05, 3.63) is 30.1 Å². The van der Waals surface area contributed by atoms with Gasteiger partial charge in [0.25, 0.3) is 0 Å². The van der Waals surface area contributed by atoms with Crippen molar-refractivity contribution in [1.29, 1.82) is 0 Å². The van der Waals surface area contributed by atoms with Gasteiger partial charge in [-0.2, -0.15) is 0 Å². The van der Waals surface area contributed by atoms with Crippen LogP contribution in [0.1, 0.15) is 31.5 Å². The summed E-state index contributed by atoms with van der Waals surface area (Å²) in [6.45, 7) is 2.91. The van der Waals surface area contributed by atoms with Gasteiger partial charge in [0.1, 0.15) is 11.6 Å². The van der Waals surface area contributed by atoms with Crippen LogP contribution in [0.25, 0.3) is 0 Å². The summed E-state index contributed by atoms with van der Waals surface area (Å²) in [7, 11) is 1.60. The molecular formula is C16H20N4O2S. The molecule has 1 amide bonds. The summed E-state index contributed by atoms with van der Waals surface area (Å²) in [5.74, 6) is 2.57. The number of aromatic nitrogens is 3. The maximum atomic E-state index is 12.1. The Kier molecular flexibility index (Phi) is 4.85. The highest BCUT2D eigenvalue weighted by atomic mass is 32.2. The van der Waals surface area contributed by atoms with Crippen LogP contribution in [0.3, 0.4) is 0 Å². The number of carbonyl (C=O) groups is 1. The number of carbonyl (C=O) groups excluding carboxylic acids is 1. The van der Waals surface area contributed by atoms with Gasteiger partial charge in [0, 0.05) is 24.2 Å². The largest absolute Gasteiger partial charge is 0.497 e. The Morgan fingerprint density at radius 1 is 1.43 bits per heavy atom. The molecule has 1 aromatic carbocycles. The van der Waals surface area contributed by atoms with Crippen LogP contribution in [0.4, 0.5) is 5.69 Å². The molecule has 0 saturated heterocycles. The minimum atomic E-state index is -0.0677. The lowest BCUT2D eigenvalue weighted by Gasteiger charge is -2.08. The first kappa shape index (κ1) is 15.9. The molecule has 1 saturated carbocycles. The van der Waals surface area contributed by atoms with Crippen LogP contribution in [0.2, 0.25) is 0 Å². The van der Waals surface area contributed by atoms with Crippen LogP contribution in [-0.2, 0) is 11.3 Å². The van der Waals surface area contributed by atoms with E-state index < -0.39 is 0 Å². The Labute approximate surface area is 139 Å². The molecule has 0 aliphatic heterocycles. The number of hydrogen-bond donors (Lipinski definition) is 1. The van der Waals surface area contributed by atoms with Crippen molar-refractivity contribution in [2.75, 3.05) is 18.2 Å². The normalized spacial score (nSPS) is 13.8. The van der Waals surface area contributed by atoms with E-state index in [0.29, 0.717) is 11.7 Å². The van der Waals surface area contributed by atoms with Gasteiger partial charge < -0.3 is 14.6 Å². The molecule has 0 radical (unpaired) electrons. The van der Waals surface area contributed by atoms with Crippen molar-refractivity contribution in [3.8, 4) is 5.75 Å². The molecule has 0 spiro atoms. The van der Waals surface area contributed by atoms with Crippen LogP contribution in [0.15, 0.2) is 29.4 Å². The molecule has 3 rings (SSSR count). The van der Waals surface area contributed by atoms with Gasteiger partial charge >= 0.3 is 0 Å². The lowest BCUT2D eigenvalue weighted by atomic mass is 10.3. The van der Waals surface area contributed by atoms with Gasteiger partial charge in [-0.25, -0.2) is 0 Å². The summed E-state index contributed by atoms with van der Waals surface area (Å²) in [5.41, 5.74) is 0.727. The number of rotatable bonds is 7. The highest BCUT2D eigenvalue weighted by Gasteiger charge is 2.30. The number of amides is 1. The minimum Gasteiger partial charge on any atom is -0.497 e. The fourth-order valence-electron chi connectivity index (χ4n) is 2.38. The highest BCUT2D eigenvalue weighted by molar-refractivity contribution is 7.99. The lowest BCUT2D eigenvalue weighted by molar-refractivity contribution is -0.113. The van der Waals surface area contributed by atoms with Crippen molar-refractivity contribution < 1.29 is 9.53 Å². The van der Waals surface area contributed by atoms with E-state index in [-0.39, 0.29) is 5.91 Å². The molecule has 1 aliphatic carbocycles. The molecule has 0 unspecified atom stereocenters. The predicted molar refractivity (Wildman–Crippen MR) is 90.0 cm³/mol. The first-order chi connectivity index (χ1) is 11.2. The molecule has 1 aliphatic rings. The zero-order valence-electron chi connectivity index (χ0n) is 13.3. The standard InChI is InChI=1S/C16H20N4O2S/c1-3-20-15(11-7-8-11)18-19-16(20)23-10-14(21)17-12-5-4-6-13(9-12)22-2/h4-6,9,11H,3,7-8,10H2,1-2H3,(H,17,21). The molecule has 7 heteroatoms. The zero-order chi connectivity index (χ0) is 16.2. The second kappa shape index (κ2) is 7.04. The molecule has 0 atom stereocenters. The molecule has 1 fully saturated rings. The number of methoxy groups -OCH3 is 1. The Balaban J connectivity index is 1.58. The molecule has 1 N–H and O–H groups in total. The predicted octanol–water partition coefficient (Wildman–Crippen LogP) is 2.91. The average molecular weight is 332 g/mol. The number of ether oxygens (including phenoxy) is 1. The second-order valence-corrected chi connectivity index (χ2v) is 6.37. The highest BCUT2D eigenvalue weighted by Crippen LogP contribution is 2.39. The van der Waals surface area contributed by atoms with E-state index >= 15 is 0 Å². The smallest absolute Gasteiger partial charge is 0.234 e. The molecule has 1 aromatic heterocycles. The van der Waals surface area contributed by atoms with Crippen LogP contribution in [-0.4, -0.2) is 33.5 Å². The number of benzene rings is 1. The number of nitrogens with one attached hydrogen (secondary N) is 1. The van der Waals surface area contributed by atoms with E-state index in [0.717, 1.165) is 29.0 Å². The molecule has 6 nitrogen and oxygen atoms in total. The van der Waals surface area contributed by atoms with Crippen molar-refractivity contribution in [2.24, 2.45) is 0 Å². The fourth-order valence-corrected chi connectivity index (χ4v) is 3.18. The van der Waals surface area contributed by atoms with Gasteiger partial charge in [-0.15, -0.1) is 10.2 Å². The first-order valence-electron chi connectivity index (χ1n) is 7.71. The quantitative estimate of drug-likeness (QED) is 0.790. The monoisotopic (exact) mass is 332 g/mol. The second-order valence-electron chi connectivity index (χ2n) is 5.43. The van der Waals surface area contributed by atoms with Gasteiger partial charge in [-0.05, 0) is 31.9 Å². The van der Waals surface area contributed by atoms with Crippen LogP contribution in [0.5, 0.6) is 5.75 Å². The number of anilines is 1. The topological polar surface area (TPSA) is 69.0 Å². The minimum absolute atomic E-state index is 0.0677. The Morgan fingerprint density at radius 3 is 2.96 bits per heavy atom. The summed E-state index contributed by atoms with van der Waals surface area (Å²) in [6, 6.07) is 7.32. The van der Waals surface area contributed by atoms with Gasteiger partial charge in [-0.1, -0.05) is 17.8 Å². The third kappa shape index (κ3) is 3.85. The SMILES string of the molecule is CCn1c(SCC(=O)Nc2cccc(OC)c2)nnc1C1CC1. The molecule has 23 heavy (non-hydrogen) atoms. The van der Waals surface area contributed by atoms with Gasteiger partial charge in [0.2, 0.25) is 5.91 Å². The van der Waals surface area contributed by atoms with Crippen molar-refractivity contribution in [2.45, 2.75) is 37.4 Å². The lowest BCUT2D eigenvalue weighted by Crippen LogP contribution is -2.14. The van der Waals surface area contributed by atoms with Crippen molar-refractivity contribution in [1.82, 2.24) is 14.8 Å². The van der Waals surface area contributed by atoms with Gasteiger partial charge in [-0.3, -0.25) is 4.79 Å². The van der Waals surface area contributed by atoms with Crippen LogP contribution < -0.4 is 10.1 Å². The number of hydrogen-bond acceptors (Lipinski definition) is 5.